The number of anilines is 1. The SMILES string of the molecule is Cc1ccc(-c2csc(NC(=O)c3ccn(-c4ccc([N+](=O)[O-])cc4)n3)n2)s1. The lowest BCUT2D eigenvalue weighted by atomic mass is 10.3. The number of hydrogen-bond donors (Lipinski definition) is 1. The summed E-state index contributed by atoms with van der Waals surface area (Å²) in [5.74, 6) is -0.371. The summed E-state index contributed by atoms with van der Waals surface area (Å²) in [5, 5.41) is 20.1. The molecule has 0 aliphatic heterocycles. The minimum Gasteiger partial charge on any atom is -0.296 e. The highest BCUT2D eigenvalue weighted by Crippen LogP contribution is 2.30. The van der Waals surface area contributed by atoms with Crippen LogP contribution in [0.4, 0.5) is 10.8 Å². The van der Waals surface area contributed by atoms with Crippen LogP contribution in [0.3, 0.4) is 0 Å². The lowest BCUT2D eigenvalue weighted by Gasteiger charge is -2.01. The highest BCUT2D eigenvalue weighted by Gasteiger charge is 2.14. The summed E-state index contributed by atoms with van der Waals surface area (Å²) in [6.45, 7) is 2.03. The predicted octanol–water partition coefficient (Wildman–Crippen LogP) is 4.53. The first-order chi connectivity index (χ1) is 13.5. The molecule has 1 N–H and O–H groups in total. The van der Waals surface area contributed by atoms with Crippen molar-refractivity contribution < 1.29 is 9.72 Å². The second-order valence-electron chi connectivity index (χ2n) is 5.82. The maximum atomic E-state index is 12.4. The van der Waals surface area contributed by atoms with Crippen molar-refractivity contribution in [1.29, 1.82) is 0 Å². The van der Waals surface area contributed by atoms with Crippen LogP contribution in [-0.2, 0) is 0 Å². The van der Waals surface area contributed by atoms with Crippen molar-refractivity contribution in [2.24, 2.45) is 0 Å². The molecule has 0 aliphatic rings. The average Bonchev–Trinajstić information content (AvgIpc) is 3.42. The third-order valence-corrected chi connectivity index (χ3v) is 5.65. The van der Waals surface area contributed by atoms with Crippen molar-refractivity contribution in [2.45, 2.75) is 6.92 Å². The van der Waals surface area contributed by atoms with Crippen LogP contribution in [0.2, 0.25) is 0 Å². The quantitative estimate of drug-likeness (QED) is 0.384. The number of aryl methyl sites for hydroxylation is 1. The van der Waals surface area contributed by atoms with E-state index in [0.29, 0.717) is 10.8 Å². The molecular formula is C18H13N5O3S2. The molecule has 0 saturated carbocycles. The molecule has 0 saturated heterocycles. The number of aromatic nitrogens is 3. The van der Waals surface area contributed by atoms with Crippen LogP contribution in [0, 0.1) is 17.0 Å². The van der Waals surface area contributed by atoms with Crippen molar-refractivity contribution >= 4 is 39.4 Å². The zero-order chi connectivity index (χ0) is 19.7. The fourth-order valence-electron chi connectivity index (χ4n) is 2.49. The molecule has 0 bridgehead atoms. The summed E-state index contributed by atoms with van der Waals surface area (Å²) >= 11 is 3.00. The lowest BCUT2D eigenvalue weighted by Crippen LogP contribution is -2.13. The topological polar surface area (TPSA) is 103 Å². The summed E-state index contributed by atoms with van der Waals surface area (Å²) in [7, 11) is 0. The maximum absolute atomic E-state index is 12.4. The number of nitro groups is 1. The molecule has 0 spiro atoms. The Hall–Kier alpha value is -3.37. The predicted molar refractivity (Wildman–Crippen MR) is 108 cm³/mol. The van der Waals surface area contributed by atoms with Crippen LogP contribution in [0.5, 0.6) is 0 Å². The fourth-order valence-corrected chi connectivity index (χ4v) is 4.10. The van der Waals surface area contributed by atoms with E-state index in [1.165, 1.54) is 33.0 Å². The number of nitrogens with one attached hydrogen (secondary N) is 1. The van der Waals surface area contributed by atoms with E-state index in [9.17, 15) is 14.9 Å². The zero-order valence-corrected chi connectivity index (χ0v) is 16.2. The van der Waals surface area contributed by atoms with Gasteiger partial charge >= 0.3 is 0 Å². The molecular weight excluding hydrogens is 398 g/mol. The standard InChI is InChI=1S/C18H13N5O3S2/c1-11-2-7-16(28-11)15-10-27-18(19-15)20-17(24)14-8-9-22(21-14)12-3-5-13(6-4-12)23(25)26/h2-10H,1H3,(H,19,20,24). The van der Waals surface area contributed by atoms with Crippen molar-refractivity contribution in [3.05, 3.63) is 74.7 Å². The van der Waals surface area contributed by atoms with Gasteiger partial charge in [-0.15, -0.1) is 22.7 Å². The van der Waals surface area contributed by atoms with E-state index >= 15 is 0 Å². The number of nitro benzene ring substituents is 1. The van der Waals surface area contributed by atoms with Crippen LogP contribution >= 0.6 is 22.7 Å². The Balaban J connectivity index is 1.47. The number of rotatable bonds is 5. The van der Waals surface area contributed by atoms with Crippen molar-refractivity contribution in [2.75, 3.05) is 5.32 Å². The number of carbonyl (C=O) groups excluding carboxylic acids is 1. The molecule has 0 aliphatic carbocycles. The highest BCUT2D eigenvalue weighted by atomic mass is 32.1. The Kier molecular flexibility index (Phi) is 4.72. The minimum absolute atomic E-state index is 0.00520. The van der Waals surface area contributed by atoms with E-state index in [1.807, 2.05) is 24.4 Å². The molecule has 0 fully saturated rings. The number of benzene rings is 1. The van der Waals surface area contributed by atoms with Gasteiger partial charge in [0.25, 0.3) is 11.6 Å². The Morgan fingerprint density at radius 1 is 1.18 bits per heavy atom. The molecule has 0 unspecified atom stereocenters. The maximum Gasteiger partial charge on any atom is 0.277 e. The van der Waals surface area contributed by atoms with Gasteiger partial charge in [0.2, 0.25) is 0 Å². The molecule has 3 heterocycles. The Bertz CT molecular complexity index is 1160. The van der Waals surface area contributed by atoms with Gasteiger partial charge in [0, 0.05) is 28.6 Å². The first-order valence-electron chi connectivity index (χ1n) is 8.14. The number of non-ortho nitro benzene ring substituents is 1. The highest BCUT2D eigenvalue weighted by molar-refractivity contribution is 7.17. The molecule has 1 aromatic carbocycles. The van der Waals surface area contributed by atoms with Crippen LogP contribution < -0.4 is 5.32 Å². The van der Waals surface area contributed by atoms with E-state index in [4.69, 9.17) is 0 Å². The number of carbonyl (C=O) groups is 1. The third kappa shape index (κ3) is 3.68. The first-order valence-corrected chi connectivity index (χ1v) is 9.83. The molecule has 10 heteroatoms. The van der Waals surface area contributed by atoms with Crippen molar-refractivity contribution in [3.63, 3.8) is 0 Å². The molecule has 4 aromatic rings. The van der Waals surface area contributed by atoms with E-state index in [0.717, 1.165) is 10.6 Å². The Labute approximate surface area is 167 Å². The van der Waals surface area contributed by atoms with Crippen molar-refractivity contribution in [3.8, 4) is 16.3 Å². The van der Waals surface area contributed by atoms with Crippen LogP contribution in [-0.4, -0.2) is 25.6 Å². The van der Waals surface area contributed by atoms with Gasteiger partial charge in [-0.3, -0.25) is 20.2 Å². The third-order valence-electron chi connectivity index (χ3n) is 3.86. The molecule has 8 nitrogen and oxygen atoms in total. The van der Waals surface area contributed by atoms with Gasteiger partial charge < -0.3 is 0 Å². The van der Waals surface area contributed by atoms with Crippen LogP contribution in [0.25, 0.3) is 16.3 Å². The monoisotopic (exact) mass is 411 g/mol. The molecule has 0 atom stereocenters. The average molecular weight is 411 g/mol. The molecule has 4 rings (SSSR count). The zero-order valence-electron chi connectivity index (χ0n) is 14.5. The summed E-state index contributed by atoms with van der Waals surface area (Å²) < 4.78 is 1.49. The number of thiophene rings is 1. The molecule has 3 aromatic heterocycles. The summed E-state index contributed by atoms with van der Waals surface area (Å²) in [4.78, 5) is 29.4. The van der Waals surface area contributed by atoms with Crippen LogP contribution in [0.1, 0.15) is 15.4 Å². The van der Waals surface area contributed by atoms with Gasteiger partial charge in [-0.1, -0.05) is 0 Å². The Morgan fingerprint density at radius 3 is 2.64 bits per heavy atom. The van der Waals surface area contributed by atoms with Gasteiger partial charge in [0.1, 0.15) is 0 Å². The number of hydrogen-bond acceptors (Lipinski definition) is 7. The summed E-state index contributed by atoms with van der Waals surface area (Å²) in [6, 6.07) is 11.5. The van der Waals surface area contributed by atoms with Crippen LogP contribution in [0.15, 0.2) is 54.0 Å². The normalized spacial score (nSPS) is 10.8. The van der Waals surface area contributed by atoms with E-state index in [2.05, 4.69) is 15.4 Å². The van der Waals surface area contributed by atoms with E-state index in [1.54, 1.807) is 35.7 Å². The second-order valence-corrected chi connectivity index (χ2v) is 7.97. The molecule has 140 valence electrons. The van der Waals surface area contributed by atoms with Gasteiger partial charge in [0.05, 0.1) is 21.2 Å². The van der Waals surface area contributed by atoms with Gasteiger partial charge in [-0.25, -0.2) is 9.67 Å². The lowest BCUT2D eigenvalue weighted by molar-refractivity contribution is -0.384. The van der Waals surface area contributed by atoms with Gasteiger partial charge in [-0.2, -0.15) is 5.10 Å². The second kappa shape index (κ2) is 7.33. The summed E-state index contributed by atoms with van der Waals surface area (Å²) in [5.41, 5.74) is 1.67. The summed E-state index contributed by atoms with van der Waals surface area (Å²) in [6.07, 6.45) is 1.62. The Morgan fingerprint density at radius 2 is 1.96 bits per heavy atom. The fraction of sp³-hybridized carbons (Fsp3) is 0.0556. The molecule has 28 heavy (non-hydrogen) atoms. The van der Waals surface area contributed by atoms with Crippen molar-refractivity contribution in [1.82, 2.24) is 14.8 Å². The van der Waals surface area contributed by atoms with E-state index < -0.39 is 4.92 Å². The molecule has 1 amide bonds. The minimum atomic E-state index is -0.467. The largest absolute Gasteiger partial charge is 0.296 e. The first kappa shape index (κ1) is 18.0. The smallest absolute Gasteiger partial charge is 0.277 e. The van der Waals surface area contributed by atoms with Gasteiger partial charge in [0.15, 0.2) is 10.8 Å². The number of nitrogens with zero attached hydrogens (tertiary/aromatic N) is 4. The number of amides is 1. The van der Waals surface area contributed by atoms with Gasteiger partial charge in [-0.05, 0) is 37.3 Å². The number of thiazole rings is 1. The molecule has 0 radical (unpaired) electrons. The van der Waals surface area contributed by atoms with E-state index in [-0.39, 0.29) is 17.3 Å².